The molecule has 1 fully saturated rings. The summed E-state index contributed by atoms with van der Waals surface area (Å²) in [6, 6.07) is 4.42. The van der Waals surface area contributed by atoms with Crippen LogP contribution in [0.5, 0.6) is 0 Å². The van der Waals surface area contributed by atoms with Crippen molar-refractivity contribution in [1.29, 1.82) is 0 Å². The lowest BCUT2D eigenvalue weighted by molar-refractivity contribution is 0.288. The fourth-order valence-electron chi connectivity index (χ4n) is 2.05. The second-order valence-corrected chi connectivity index (χ2v) is 7.50. The van der Waals surface area contributed by atoms with Crippen molar-refractivity contribution in [2.75, 3.05) is 13.1 Å². The molecule has 1 aromatic rings. The first-order chi connectivity index (χ1) is 8.39. The van der Waals surface area contributed by atoms with Crippen LogP contribution in [-0.4, -0.2) is 25.8 Å². The van der Waals surface area contributed by atoms with Crippen molar-refractivity contribution < 1.29 is 8.42 Å². The minimum absolute atomic E-state index is 0.176. The number of benzene rings is 1. The van der Waals surface area contributed by atoms with E-state index in [0.717, 1.165) is 12.8 Å². The lowest BCUT2D eigenvalue weighted by Crippen LogP contribution is -2.37. The molecule has 0 unspecified atom stereocenters. The molecule has 1 aliphatic heterocycles. The summed E-state index contributed by atoms with van der Waals surface area (Å²) in [4.78, 5) is 0.176. The molecule has 3 nitrogen and oxygen atoms in total. The normalized spacial score (nSPS) is 19.1. The van der Waals surface area contributed by atoms with Gasteiger partial charge in [0.25, 0.3) is 0 Å². The molecule has 1 aliphatic rings. The summed E-state index contributed by atoms with van der Waals surface area (Å²) in [5.41, 5.74) is 0. The molecule has 0 bridgehead atoms. The average Bonchev–Trinajstić information content (AvgIpc) is 2.28. The lowest BCUT2D eigenvalue weighted by atomic mass is 10.0. The second-order valence-electron chi connectivity index (χ2n) is 4.69. The third-order valence-electron chi connectivity index (χ3n) is 3.22. The summed E-state index contributed by atoms with van der Waals surface area (Å²) >= 11 is 11.7. The highest BCUT2D eigenvalue weighted by Crippen LogP contribution is 2.27. The smallest absolute Gasteiger partial charge is 0.207 e. The Kier molecular flexibility index (Phi) is 4.22. The van der Waals surface area contributed by atoms with E-state index in [4.69, 9.17) is 23.2 Å². The van der Waals surface area contributed by atoms with Crippen LogP contribution in [0.15, 0.2) is 23.1 Å². The molecule has 1 heterocycles. The summed E-state index contributed by atoms with van der Waals surface area (Å²) in [5, 5.41) is 0.679. The molecule has 1 aromatic carbocycles. The van der Waals surface area contributed by atoms with Crippen molar-refractivity contribution >= 4 is 33.2 Å². The van der Waals surface area contributed by atoms with Gasteiger partial charge < -0.3 is 0 Å². The van der Waals surface area contributed by atoms with E-state index in [0.29, 0.717) is 29.1 Å². The van der Waals surface area contributed by atoms with Crippen LogP contribution in [0, 0.1) is 5.92 Å². The zero-order valence-corrected chi connectivity index (χ0v) is 12.4. The van der Waals surface area contributed by atoms with Gasteiger partial charge in [-0.3, -0.25) is 0 Å². The van der Waals surface area contributed by atoms with Crippen molar-refractivity contribution in [1.82, 2.24) is 4.31 Å². The Labute approximate surface area is 118 Å². The van der Waals surface area contributed by atoms with E-state index in [9.17, 15) is 8.42 Å². The van der Waals surface area contributed by atoms with Gasteiger partial charge in [-0.25, -0.2) is 8.42 Å². The maximum Gasteiger partial charge on any atom is 0.243 e. The molecular formula is C12H15Cl2NO2S. The first kappa shape index (κ1) is 14.1. The third kappa shape index (κ3) is 2.99. The van der Waals surface area contributed by atoms with Gasteiger partial charge in [-0.2, -0.15) is 4.31 Å². The van der Waals surface area contributed by atoms with Crippen LogP contribution in [0.4, 0.5) is 0 Å². The minimum atomic E-state index is -3.47. The van der Waals surface area contributed by atoms with Crippen LogP contribution >= 0.6 is 23.2 Å². The number of nitrogens with zero attached hydrogens (tertiary/aromatic N) is 1. The molecule has 6 heteroatoms. The first-order valence-electron chi connectivity index (χ1n) is 5.86. The quantitative estimate of drug-likeness (QED) is 0.839. The fraction of sp³-hybridized carbons (Fsp3) is 0.500. The lowest BCUT2D eigenvalue weighted by Gasteiger charge is -2.29. The molecule has 0 aromatic heterocycles. The SMILES string of the molecule is CC1CCN(S(=O)(=O)c2cc(Cl)cc(Cl)c2)CC1. The Bertz CT molecular complexity index is 517. The fourth-order valence-corrected chi connectivity index (χ4v) is 4.25. The predicted octanol–water partition coefficient (Wildman–Crippen LogP) is 3.41. The Morgan fingerprint density at radius 1 is 1.11 bits per heavy atom. The van der Waals surface area contributed by atoms with Gasteiger partial charge in [0.05, 0.1) is 4.90 Å². The second kappa shape index (κ2) is 5.37. The van der Waals surface area contributed by atoms with Gasteiger partial charge in [-0.15, -0.1) is 0 Å². The van der Waals surface area contributed by atoms with Crippen molar-refractivity contribution in [3.05, 3.63) is 28.2 Å². The van der Waals surface area contributed by atoms with Gasteiger partial charge in [0.15, 0.2) is 0 Å². The van der Waals surface area contributed by atoms with Crippen LogP contribution in [-0.2, 0) is 10.0 Å². The molecule has 18 heavy (non-hydrogen) atoms. The van der Waals surface area contributed by atoms with E-state index in [1.807, 2.05) is 0 Å². The zero-order chi connectivity index (χ0) is 13.3. The standard InChI is InChI=1S/C12H15Cl2NO2S/c1-9-2-4-15(5-3-9)18(16,17)12-7-10(13)6-11(14)8-12/h6-9H,2-5H2,1H3. The van der Waals surface area contributed by atoms with Gasteiger partial charge in [0, 0.05) is 23.1 Å². The molecule has 0 atom stereocenters. The maximum absolute atomic E-state index is 12.4. The van der Waals surface area contributed by atoms with E-state index >= 15 is 0 Å². The van der Waals surface area contributed by atoms with E-state index in [-0.39, 0.29) is 4.90 Å². The zero-order valence-electron chi connectivity index (χ0n) is 10.1. The Morgan fingerprint density at radius 2 is 1.61 bits per heavy atom. The summed E-state index contributed by atoms with van der Waals surface area (Å²) in [6.07, 6.45) is 1.79. The molecule has 1 saturated heterocycles. The van der Waals surface area contributed by atoms with E-state index < -0.39 is 10.0 Å². The number of hydrogen-bond donors (Lipinski definition) is 0. The van der Waals surface area contributed by atoms with Gasteiger partial charge in [0.1, 0.15) is 0 Å². The number of piperidine rings is 1. The summed E-state index contributed by atoms with van der Waals surface area (Å²) < 4.78 is 26.3. The Morgan fingerprint density at radius 3 is 2.11 bits per heavy atom. The van der Waals surface area contributed by atoms with Crippen molar-refractivity contribution in [2.45, 2.75) is 24.7 Å². The van der Waals surface area contributed by atoms with Crippen molar-refractivity contribution in [3.8, 4) is 0 Å². The van der Waals surface area contributed by atoms with E-state index in [1.165, 1.54) is 22.5 Å². The predicted molar refractivity (Wildman–Crippen MR) is 73.6 cm³/mol. The molecule has 2 rings (SSSR count). The summed E-state index contributed by atoms with van der Waals surface area (Å²) in [6.45, 7) is 3.27. The maximum atomic E-state index is 12.4. The van der Waals surface area contributed by atoms with Gasteiger partial charge in [-0.1, -0.05) is 30.1 Å². The highest BCUT2D eigenvalue weighted by Gasteiger charge is 2.28. The molecule has 0 amide bonds. The molecular weight excluding hydrogens is 293 g/mol. The molecule has 100 valence electrons. The largest absolute Gasteiger partial charge is 0.243 e. The number of halogens is 2. The van der Waals surface area contributed by atoms with Gasteiger partial charge in [0.2, 0.25) is 10.0 Å². The third-order valence-corrected chi connectivity index (χ3v) is 5.53. The van der Waals surface area contributed by atoms with Crippen LogP contribution in [0.2, 0.25) is 10.0 Å². The topological polar surface area (TPSA) is 37.4 Å². The number of rotatable bonds is 2. The van der Waals surface area contributed by atoms with E-state index in [1.54, 1.807) is 0 Å². The minimum Gasteiger partial charge on any atom is -0.207 e. The molecule has 0 radical (unpaired) electrons. The van der Waals surface area contributed by atoms with E-state index in [2.05, 4.69) is 6.92 Å². The Balaban J connectivity index is 2.30. The molecule has 0 saturated carbocycles. The van der Waals surface area contributed by atoms with Gasteiger partial charge in [-0.05, 0) is 37.0 Å². The monoisotopic (exact) mass is 307 g/mol. The highest BCUT2D eigenvalue weighted by molar-refractivity contribution is 7.89. The number of hydrogen-bond acceptors (Lipinski definition) is 2. The van der Waals surface area contributed by atoms with Crippen LogP contribution < -0.4 is 0 Å². The average molecular weight is 308 g/mol. The van der Waals surface area contributed by atoms with Crippen molar-refractivity contribution in [3.63, 3.8) is 0 Å². The highest BCUT2D eigenvalue weighted by atomic mass is 35.5. The van der Waals surface area contributed by atoms with Gasteiger partial charge >= 0.3 is 0 Å². The van der Waals surface area contributed by atoms with Crippen molar-refractivity contribution in [2.24, 2.45) is 5.92 Å². The molecule has 0 aliphatic carbocycles. The molecule has 0 spiro atoms. The van der Waals surface area contributed by atoms with Crippen LogP contribution in [0.25, 0.3) is 0 Å². The summed E-state index contributed by atoms with van der Waals surface area (Å²) in [7, 11) is -3.47. The number of sulfonamides is 1. The summed E-state index contributed by atoms with van der Waals surface area (Å²) in [5.74, 6) is 0.583. The van der Waals surface area contributed by atoms with Crippen LogP contribution in [0.3, 0.4) is 0 Å². The first-order valence-corrected chi connectivity index (χ1v) is 8.05. The van der Waals surface area contributed by atoms with Crippen LogP contribution in [0.1, 0.15) is 19.8 Å². The Hall–Kier alpha value is -0.290. The molecule has 0 N–H and O–H groups in total.